The molecule has 2 N–H and O–H groups in total. The number of hydrogen-bond donors (Lipinski definition) is 2. The average Bonchev–Trinajstić information content (AvgIpc) is 3.23. The van der Waals surface area contributed by atoms with E-state index in [2.05, 4.69) is 25.6 Å². The second-order valence-electron chi connectivity index (χ2n) is 5.95. The normalized spacial score (nSPS) is 12.4. The number of nitrogens with one attached hydrogen (secondary N) is 2. The van der Waals surface area contributed by atoms with Gasteiger partial charge in [0.2, 0.25) is 0 Å². The minimum Gasteiger partial charge on any atom is -0.430 e. The SMILES string of the molecule is Cc1cnnn1-c1coc(N[C@@H](C)c2cc3cc(Cl)ccc3[nH]c2=O)n1. The van der Waals surface area contributed by atoms with Crippen molar-refractivity contribution in [3.63, 3.8) is 0 Å². The largest absolute Gasteiger partial charge is 0.430 e. The molecule has 4 rings (SSSR count). The average molecular weight is 371 g/mol. The summed E-state index contributed by atoms with van der Waals surface area (Å²) in [5.41, 5.74) is 1.94. The fourth-order valence-electron chi connectivity index (χ4n) is 2.72. The second-order valence-corrected chi connectivity index (χ2v) is 6.39. The van der Waals surface area contributed by atoms with Crippen LogP contribution in [0.1, 0.15) is 24.2 Å². The van der Waals surface area contributed by atoms with E-state index in [1.165, 1.54) is 6.26 Å². The van der Waals surface area contributed by atoms with Crippen LogP contribution in [-0.4, -0.2) is 25.0 Å². The lowest BCUT2D eigenvalue weighted by atomic mass is 10.1. The summed E-state index contributed by atoms with van der Waals surface area (Å²) >= 11 is 6.04. The van der Waals surface area contributed by atoms with E-state index in [0.29, 0.717) is 16.4 Å². The van der Waals surface area contributed by atoms with Crippen LogP contribution in [0.4, 0.5) is 6.01 Å². The van der Waals surface area contributed by atoms with Crippen molar-refractivity contribution in [2.24, 2.45) is 0 Å². The molecule has 1 aromatic carbocycles. The molecule has 1 atom stereocenters. The summed E-state index contributed by atoms with van der Waals surface area (Å²) in [4.78, 5) is 19.6. The van der Waals surface area contributed by atoms with Gasteiger partial charge >= 0.3 is 0 Å². The zero-order chi connectivity index (χ0) is 18.3. The fraction of sp³-hybridized carbons (Fsp3) is 0.176. The van der Waals surface area contributed by atoms with Crippen LogP contribution in [-0.2, 0) is 0 Å². The molecule has 0 radical (unpaired) electrons. The maximum Gasteiger partial charge on any atom is 0.297 e. The first-order chi connectivity index (χ1) is 12.5. The van der Waals surface area contributed by atoms with E-state index in [1.54, 1.807) is 29.1 Å². The fourth-order valence-corrected chi connectivity index (χ4v) is 2.90. The number of pyridine rings is 1. The third kappa shape index (κ3) is 2.95. The molecule has 0 spiro atoms. The quantitative estimate of drug-likeness (QED) is 0.571. The number of aromatic nitrogens is 5. The van der Waals surface area contributed by atoms with Gasteiger partial charge in [0.1, 0.15) is 6.26 Å². The van der Waals surface area contributed by atoms with E-state index in [4.69, 9.17) is 16.0 Å². The van der Waals surface area contributed by atoms with E-state index < -0.39 is 0 Å². The molecule has 0 aliphatic rings. The molecular formula is C17H15ClN6O2. The third-order valence-electron chi connectivity index (χ3n) is 4.07. The van der Waals surface area contributed by atoms with Gasteiger partial charge in [0.05, 0.1) is 17.9 Å². The number of halogens is 1. The number of H-pyrrole nitrogens is 1. The summed E-state index contributed by atoms with van der Waals surface area (Å²) in [7, 11) is 0. The first-order valence-electron chi connectivity index (χ1n) is 7.93. The molecule has 0 fully saturated rings. The van der Waals surface area contributed by atoms with Crippen LogP contribution in [0.3, 0.4) is 0 Å². The predicted molar refractivity (Wildman–Crippen MR) is 97.8 cm³/mol. The number of nitrogens with zero attached hydrogens (tertiary/aromatic N) is 4. The van der Waals surface area contributed by atoms with Gasteiger partial charge in [0.25, 0.3) is 11.6 Å². The van der Waals surface area contributed by atoms with Crippen molar-refractivity contribution in [2.45, 2.75) is 19.9 Å². The predicted octanol–water partition coefficient (Wildman–Crippen LogP) is 3.23. The minimum atomic E-state index is -0.328. The summed E-state index contributed by atoms with van der Waals surface area (Å²) in [6.45, 7) is 3.72. The smallest absolute Gasteiger partial charge is 0.297 e. The molecule has 26 heavy (non-hydrogen) atoms. The maximum atomic E-state index is 12.4. The number of rotatable bonds is 4. The minimum absolute atomic E-state index is 0.182. The molecule has 0 amide bonds. The summed E-state index contributed by atoms with van der Waals surface area (Å²) < 4.78 is 7.00. The Labute approximate surface area is 152 Å². The van der Waals surface area contributed by atoms with Gasteiger partial charge in [-0.1, -0.05) is 16.8 Å². The molecule has 0 bridgehead atoms. The van der Waals surface area contributed by atoms with Crippen LogP contribution < -0.4 is 10.9 Å². The molecule has 0 aliphatic heterocycles. The Hall–Kier alpha value is -3.13. The zero-order valence-electron chi connectivity index (χ0n) is 14.0. The Balaban J connectivity index is 1.62. The van der Waals surface area contributed by atoms with Gasteiger partial charge in [-0.2, -0.15) is 9.67 Å². The highest BCUT2D eigenvalue weighted by Crippen LogP contribution is 2.22. The number of oxazole rings is 1. The Morgan fingerprint density at radius 1 is 1.35 bits per heavy atom. The van der Waals surface area contributed by atoms with Gasteiger partial charge in [-0.25, -0.2) is 0 Å². The van der Waals surface area contributed by atoms with Crippen molar-refractivity contribution < 1.29 is 4.42 Å². The molecule has 0 saturated heterocycles. The van der Waals surface area contributed by atoms with Crippen LogP contribution >= 0.6 is 11.6 Å². The Morgan fingerprint density at radius 2 is 2.19 bits per heavy atom. The van der Waals surface area contributed by atoms with Crippen LogP contribution in [0, 0.1) is 6.92 Å². The molecule has 4 aromatic rings. The number of hydrogen-bond acceptors (Lipinski definition) is 6. The first kappa shape index (κ1) is 16.3. The van der Waals surface area contributed by atoms with Gasteiger partial charge in [-0.15, -0.1) is 5.10 Å². The third-order valence-corrected chi connectivity index (χ3v) is 4.31. The molecule has 8 nitrogen and oxygen atoms in total. The summed E-state index contributed by atoms with van der Waals surface area (Å²) in [5.74, 6) is 0.508. The topological polar surface area (TPSA) is 102 Å². The zero-order valence-corrected chi connectivity index (χ0v) is 14.8. The van der Waals surface area contributed by atoms with Crippen LogP contribution in [0.25, 0.3) is 16.7 Å². The number of aryl methyl sites for hydroxylation is 1. The van der Waals surface area contributed by atoms with Gasteiger partial charge in [-0.05, 0) is 38.1 Å². The second kappa shape index (κ2) is 6.30. The Bertz CT molecular complexity index is 1150. The molecule has 0 unspecified atom stereocenters. The highest BCUT2D eigenvalue weighted by atomic mass is 35.5. The van der Waals surface area contributed by atoms with Gasteiger partial charge in [-0.3, -0.25) is 4.79 Å². The summed E-state index contributed by atoms with van der Waals surface area (Å²) in [5, 5.41) is 12.3. The van der Waals surface area contributed by atoms with E-state index in [1.807, 2.05) is 19.9 Å². The van der Waals surface area contributed by atoms with Gasteiger partial charge < -0.3 is 14.7 Å². The molecule has 3 heterocycles. The lowest BCUT2D eigenvalue weighted by molar-refractivity contribution is 0.561. The van der Waals surface area contributed by atoms with E-state index in [9.17, 15) is 4.79 Å². The highest BCUT2D eigenvalue weighted by Gasteiger charge is 2.15. The molecule has 3 aromatic heterocycles. The molecule has 9 heteroatoms. The molecule has 132 valence electrons. The van der Waals surface area contributed by atoms with Crippen LogP contribution in [0.2, 0.25) is 5.02 Å². The van der Waals surface area contributed by atoms with Crippen molar-refractivity contribution in [1.82, 2.24) is 25.0 Å². The highest BCUT2D eigenvalue weighted by molar-refractivity contribution is 6.31. The van der Waals surface area contributed by atoms with Gasteiger partial charge in [0.15, 0.2) is 5.82 Å². The maximum absolute atomic E-state index is 12.4. The monoisotopic (exact) mass is 370 g/mol. The standard InChI is InChI=1S/C17H15ClN6O2/c1-9-7-19-23-24(9)15-8-26-17(22-15)20-10(2)13-6-11-5-12(18)3-4-14(11)21-16(13)25/h3-8,10H,1-2H3,(H,20,22)(H,21,25)/t10-/m0/s1. The van der Waals surface area contributed by atoms with Crippen molar-refractivity contribution in [3.05, 3.63) is 63.4 Å². The number of aromatic amines is 1. The van der Waals surface area contributed by atoms with E-state index in [-0.39, 0.29) is 17.6 Å². The Kier molecular flexibility index (Phi) is 3.96. The molecule has 0 saturated carbocycles. The van der Waals surface area contributed by atoms with Crippen molar-refractivity contribution >= 4 is 28.5 Å². The lowest BCUT2D eigenvalue weighted by Gasteiger charge is -2.12. The number of benzene rings is 1. The van der Waals surface area contributed by atoms with E-state index in [0.717, 1.165) is 16.6 Å². The number of fused-ring (bicyclic) bond motifs is 1. The molecular weight excluding hydrogens is 356 g/mol. The van der Waals surface area contributed by atoms with Crippen molar-refractivity contribution in [2.75, 3.05) is 5.32 Å². The lowest BCUT2D eigenvalue weighted by Crippen LogP contribution is -2.19. The number of anilines is 1. The van der Waals surface area contributed by atoms with Crippen molar-refractivity contribution in [1.29, 1.82) is 0 Å². The first-order valence-corrected chi connectivity index (χ1v) is 8.31. The van der Waals surface area contributed by atoms with Crippen molar-refractivity contribution in [3.8, 4) is 5.82 Å². The summed E-state index contributed by atoms with van der Waals surface area (Å²) in [6, 6.07) is 7.09. The Morgan fingerprint density at radius 3 is 2.96 bits per heavy atom. The van der Waals surface area contributed by atoms with Gasteiger partial charge in [0, 0.05) is 21.5 Å². The van der Waals surface area contributed by atoms with Crippen LogP contribution in [0.5, 0.6) is 0 Å². The van der Waals surface area contributed by atoms with E-state index >= 15 is 0 Å². The van der Waals surface area contributed by atoms with Crippen LogP contribution in [0.15, 0.2) is 45.9 Å². The summed E-state index contributed by atoms with van der Waals surface area (Å²) in [6.07, 6.45) is 3.10. The molecule has 0 aliphatic carbocycles.